The van der Waals surface area contributed by atoms with Crippen molar-refractivity contribution >= 4 is 0 Å². The Bertz CT molecular complexity index is 144. The first-order valence-corrected chi connectivity index (χ1v) is 5.81. The fourth-order valence-corrected chi connectivity index (χ4v) is 2.07. The van der Waals surface area contributed by atoms with Crippen molar-refractivity contribution in [2.24, 2.45) is 0 Å². The maximum atomic E-state index is 9.99. The molecule has 0 amide bonds. The monoisotopic (exact) mass is 201 g/mol. The van der Waals surface area contributed by atoms with E-state index in [9.17, 15) is 5.11 Å². The van der Waals surface area contributed by atoms with E-state index in [4.69, 9.17) is 5.11 Å². The van der Waals surface area contributed by atoms with Crippen molar-refractivity contribution in [2.45, 2.75) is 50.5 Å². The highest BCUT2D eigenvalue weighted by Crippen LogP contribution is 2.28. The lowest BCUT2D eigenvalue weighted by Gasteiger charge is -2.22. The van der Waals surface area contributed by atoms with Gasteiger partial charge in [0.2, 0.25) is 0 Å². The van der Waals surface area contributed by atoms with Gasteiger partial charge < -0.3 is 15.5 Å². The summed E-state index contributed by atoms with van der Waals surface area (Å²) in [6.07, 6.45) is 7.31. The molecule has 0 atom stereocenters. The summed E-state index contributed by atoms with van der Waals surface area (Å²) in [5.74, 6) is 0. The molecule has 14 heavy (non-hydrogen) atoms. The average molecular weight is 201 g/mol. The first-order chi connectivity index (χ1) is 6.77. The maximum Gasteiger partial charge on any atom is 0.0771 e. The maximum absolute atomic E-state index is 9.99. The zero-order valence-corrected chi connectivity index (χ0v) is 8.97. The molecule has 0 radical (unpaired) electrons. The highest BCUT2D eigenvalue weighted by Gasteiger charge is 2.30. The minimum absolute atomic E-state index is 0.296. The van der Waals surface area contributed by atoms with E-state index in [1.54, 1.807) is 0 Å². The van der Waals surface area contributed by atoms with Crippen LogP contribution < -0.4 is 5.32 Å². The third-order valence-electron chi connectivity index (χ3n) is 3.00. The van der Waals surface area contributed by atoms with Crippen molar-refractivity contribution in [1.29, 1.82) is 0 Å². The quantitative estimate of drug-likeness (QED) is 0.540. The average Bonchev–Trinajstić information content (AvgIpc) is 2.59. The van der Waals surface area contributed by atoms with Crippen LogP contribution in [0, 0.1) is 0 Å². The fraction of sp³-hybridized carbons (Fsp3) is 1.00. The number of aliphatic hydroxyl groups excluding tert-OH is 1. The van der Waals surface area contributed by atoms with E-state index in [1.807, 2.05) is 0 Å². The molecule has 3 N–H and O–H groups in total. The zero-order chi connectivity index (χ0) is 10.3. The third-order valence-corrected chi connectivity index (χ3v) is 3.00. The molecule has 3 heteroatoms. The topological polar surface area (TPSA) is 52.5 Å². The first kappa shape index (κ1) is 12.0. The first-order valence-electron chi connectivity index (χ1n) is 5.81. The molecule has 1 aliphatic rings. The van der Waals surface area contributed by atoms with Gasteiger partial charge in [0.15, 0.2) is 0 Å². The Balaban J connectivity index is 1.92. The van der Waals surface area contributed by atoms with Crippen molar-refractivity contribution in [3.63, 3.8) is 0 Å². The largest absolute Gasteiger partial charge is 0.396 e. The zero-order valence-electron chi connectivity index (χ0n) is 8.97. The van der Waals surface area contributed by atoms with Crippen LogP contribution in [-0.2, 0) is 0 Å². The summed E-state index contributed by atoms with van der Waals surface area (Å²) in [5, 5.41) is 21.9. The van der Waals surface area contributed by atoms with Gasteiger partial charge in [0.1, 0.15) is 0 Å². The third kappa shape index (κ3) is 4.40. The summed E-state index contributed by atoms with van der Waals surface area (Å²) in [6, 6.07) is 0. The molecule has 1 aliphatic carbocycles. The van der Waals surface area contributed by atoms with E-state index in [0.717, 1.165) is 45.2 Å². The lowest BCUT2D eigenvalue weighted by atomic mass is 10.0. The summed E-state index contributed by atoms with van der Waals surface area (Å²) in [4.78, 5) is 0. The van der Waals surface area contributed by atoms with Gasteiger partial charge in [0.05, 0.1) is 5.60 Å². The summed E-state index contributed by atoms with van der Waals surface area (Å²) in [5.41, 5.74) is -0.420. The van der Waals surface area contributed by atoms with E-state index >= 15 is 0 Å². The van der Waals surface area contributed by atoms with Crippen LogP contribution in [0.1, 0.15) is 44.9 Å². The van der Waals surface area contributed by atoms with E-state index in [1.165, 1.54) is 12.8 Å². The highest BCUT2D eigenvalue weighted by molar-refractivity contribution is 4.85. The second-order valence-corrected chi connectivity index (χ2v) is 4.39. The van der Waals surface area contributed by atoms with Crippen molar-refractivity contribution in [1.82, 2.24) is 5.32 Å². The van der Waals surface area contributed by atoms with Gasteiger partial charge in [0, 0.05) is 13.2 Å². The summed E-state index contributed by atoms with van der Waals surface area (Å²) in [7, 11) is 0. The molecule has 0 aromatic rings. The Morgan fingerprint density at radius 1 is 1.07 bits per heavy atom. The van der Waals surface area contributed by atoms with E-state index in [-0.39, 0.29) is 0 Å². The number of hydrogen-bond donors (Lipinski definition) is 3. The SMILES string of the molecule is OCCCCCNCC1(O)CCCC1. The number of unbranched alkanes of at least 4 members (excludes halogenated alkanes) is 2. The van der Waals surface area contributed by atoms with Crippen molar-refractivity contribution in [3.05, 3.63) is 0 Å². The molecule has 0 unspecified atom stereocenters. The van der Waals surface area contributed by atoms with Crippen LogP contribution in [0.2, 0.25) is 0 Å². The molecule has 0 aliphatic heterocycles. The number of rotatable bonds is 7. The normalized spacial score (nSPS) is 20.1. The number of hydrogen-bond acceptors (Lipinski definition) is 3. The predicted octanol–water partition coefficient (Wildman–Crippen LogP) is 1.04. The van der Waals surface area contributed by atoms with Gasteiger partial charge in [-0.05, 0) is 38.6 Å². The molecule has 0 aromatic carbocycles. The molecule has 1 fully saturated rings. The van der Waals surface area contributed by atoms with Gasteiger partial charge in [-0.15, -0.1) is 0 Å². The second kappa shape index (κ2) is 6.38. The van der Waals surface area contributed by atoms with Crippen LogP contribution in [0.3, 0.4) is 0 Å². The van der Waals surface area contributed by atoms with Crippen LogP contribution in [0.5, 0.6) is 0 Å². The Kier molecular flexibility index (Phi) is 5.45. The summed E-state index contributed by atoms with van der Waals surface area (Å²) in [6.45, 7) is 2.00. The Hall–Kier alpha value is -0.120. The van der Waals surface area contributed by atoms with Crippen LogP contribution >= 0.6 is 0 Å². The smallest absolute Gasteiger partial charge is 0.0771 e. The standard InChI is InChI=1S/C11H23NO2/c13-9-5-1-4-8-12-10-11(14)6-2-3-7-11/h12-14H,1-10H2. The molecular formula is C11H23NO2. The lowest BCUT2D eigenvalue weighted by Crippen LogP contribution is -2.38. The Morgan fingerprint density at radius 3 is 2.43 bits per heavy atom. The van der Waals surface area contributed by atoms with Gasteiger partial charge >= 0.3 is 0 Å². The van der Waals surface area contributed by atoms with Crippen molar-refractivity contribution in [3.8, 4) is 0 Å². The summed E-state index contributed by atoms with van der Waals surface area (Å²) >= 11 is 0. The minimum Gasteiger partial charge on any atom is -0.396 e. The Morgan fingerprint density at radius 2 is 1.79 bits per heavy atom. The van der Waals surface area contributed by atoms with E-state index in [0.29, 0.717) is 6.61 Å². The lowest BCUT2D eigenvalue weighted by molar-refractivity contribution is 0.0478. The number of aliphatic hydroxyl groups is 2. The van der Waals surface area contributed by atoms with Crippen LogP contribution in [0.25, 0.3) is 0 Å². The molecule has 3 nitrogen and oxygen atoms in total. The van der Waals surface area contributed by atoms with Crippen molar-refractivity contribution in [2.75, 3.05) is 19.7 Å². The molecule has 0 heterocycles. The van der Waals surface area contributed by atoms with Gasteiger partial charge in [-0.1, -0.05) is 12.8 Å². The van der Waals surface area contributed by atoms with E-state index in [2.05, 4.69) is 5.32 Å². The van der Waals surface area contributed by atoms with Crippen LogP contribution in [0.15, 0.2) is 0 Å². The molecule has 0 spiro atoms. The predicted molar refractivity (Wildman–Crippen MR) is 57.2 cm³/mol. The minimum atomic E-state index is -0.420. The highest BCUT2D eigenvalue weighted by atomic mass is 16.3. The fourth-order valence-electron chi connectivity index (χ4n) is 2.07. The summed E-state index contributed by atoms with van der Waals surface area (Å²) < 4.78 is 0. The second-order valence-electron chi connectivity index (χ2n) is 4.39. The van der Waals surface area contributed by atoms with Gasteiger partial charge in [-0.2, -0.15) is 0 Å². The van der Waals surface area contributed by atoms with Crippen molar-refractivity contribution < 1.29 is 10.2 Å². The van der Waals surface area contributed by atoms with Gasteiger partial charge in [-0.3, -0.25) is 0 Å². The number of nitrogens with one attached hydrogen (secondary N) is 1. The molecule has 0 bridgehead atoms. The Labute approximate surface area is 86.5 Å². The van der Waals surface area contributed by atoms with E-state index < -0.39 is 5.60 Å². The molecule has 0 aromatic heterocycles. The molecule has 84 valence electrons. The van der Waals surface area contributed by atoms with Crippen LogP contribution in [-0.4, -0.2) is 35.5 Å². The molecular weight excluding hydrogens is 178 g/mol. The molecule has 1 rings (SSSR count). The molecule has 1 saturated carbocycles. The van der Waals surface area contributed by atoms with Gasteiger partial charge in [0.25, 0.3) is 0 Å². The molecule has 0 saturated heterocycles. The van der Waals surface area contributed by atoms with Gasteiger partial charge in [-0.25, -0.2) is 0 Å². The van der Waals surface area contributed by atoms with Crippen LogP contribution in [0.4, 0.5) is 0 Å².